The number of nitrogens with zero attached hydrogens (tertiary/aromatic N) is 2. The Kier molecular flexibility index (Phi) is 6.53. The van der Waals surface area contributed by atoms with Crippen molar-refractivity contribution in [2.75, 3.05) is 0 Å². The van der Waals surface area contributed by atoms with Crippen molar-refractivity contribution < 1.29 is 8.42 Å². The highest BCUT2D eigenvalue weighted by atomic mass is 32.2. The molecule has 2 fully saturated rings. The molecule has 3 aromatic rings. The maximum absolute atomic E-state index is 13.0. The smallest absolute Gasteiger partial charge is 0.276 e. The first-order chi connectivity index (χ1) is 16.5. The molecule has 0 bridgehead atoms. The molecule has 1 heterocycles. The number of hydrogen-bond donors (Lipinski definition) is 1. The molecule has 0 amide bonds. The van der Waals surface area contributed by atoms with Gasteiger partial charge in [-0.2, -0.15) is 18.4 Å². The molecule has 3 aromatic carbocycles. The lowest BCUT2D eigenvalue weighted by Gasteiger charge is -2.24. The van der Waals surface area contributed by atoms with Crippen LogP contribution in [0.1, 0.15) is 54.8 Å². The summed E-state index contributed by atoms with van der Waals surface area (Å²) in [4.78, 5) is 5.30. The van der Waals surface area contributed by atoms with Crippen molar-refractivity contribution in [3.05, 3.63) is 102 Å². The SMILES string of the molecule is Cc1ccc(S(=O)(=O)N/N=C(\c2ccccc2)[C@@H]2[C@H](c3ccccc3)N2C2CCCCC2)cc1. The third-order valence-corrected chi connectivity index (χ3v) is 8.18. The summed E-state index contributed by atoms with van der Waals surface area (Å²) in [6, 6.07) is 28.0. The van der Waals surface area contributed by atoms with Crippen LogP contribution >= 0.6 is 0 Å². The zero-order valence-corrected chi connectivity index (χ0v) is 20.3. The molecule has 1 aliphatic carbocycles. The van der Waals surface area contributed by atoms with E-state index in [1.54, 1.807) is 24.3 Å². The number of nitrogens with one attached hydrogen (secondary N) is 1. The normalized spacial score (nSPS) is 23.4. The van der Waals surface area contributed by atoms with Gasteiger partial charge in [-0.15, -0.1) is 0 Å². The fourth-order valence-corrected chi connectivity index (χ4v) is 5.98. The number of benzene rings is 3. The molecule has 1 unspecified atom stereocenters. The summed E-state index contributed by atoms with van der Waals surface area (Å²) in [5.41, 5.74) is 3.98. The topological polar surface area (TPSA) is 61.5 Å². The van der Waals surface area contributed by atoms with Crippen LogP contribution in [0.15, 0.2) is 94.9 Å². The van der Waals surface area contributed by atoms with Gasteiger partial charge in [0, 0.05) is 6.04 Å². The molecular weight excluding hydrogens is 442 g/mol. The van der Waals surface area contributed by atoms with Crippen LogP contribution in [-0.4, -0.2) is 31.1 Å². The Bertz CT molecular complexity index is 1240. The second-order valence-corrected chi connectivity index (χ2v) is 11.0. The van der Waals surface area contributed by atoms with Crippen molar-refractivity contribution in [1.82, 2.24) is 9.73 Å². The van der Waals surface area contributed by atoms with Crippen molar-refractivity contribution >= 4 is 15.7 Å². The lowest BCUT2D eigenvalue weighted by atomic mass is 9.95. The lowest BCUT2D eigenvalue weighted by Crippen LogP contribution is -2.28. The molecule has 6 heteroatoms. The van der Waals surface area contributed by atoms with Gasteiger partial charge in [-0.1, -0.05) is 97.6 Å². The summed E-state index contributed by atoms with van der Waals surface area (Å²) < 4.78 is 26.1. The van der Waals surface area contributed by atoms with Gasteiger partial charge >= 0.3 is 0 Å². The van der Waals surface area contributed by atoms with Gasteiger partial charge in [-0.25, -0.2) is 0 Å². The highest BCUT2D eigenvalue weighted by molar-refractivity contribution is 7.89. The van der Waals surface area contributed by atoms with Crippen molar-refractivity contribution in [2.45, 2.75) is 62.0 Å². The minimum absolute atomic E-state index is 0.0358. The van der Waals surface area contributed by atoms with Crippen molar-refractivity contribution in [3.63, 3.8) is 0 Å². The maximum Gasteiger partial charge on any atom is 0.276 e. The van der Waals surface area contributed by atoms with Gasteiger partial charge in [-0.05, 0) is 43.0 Å². The first-order valence-electron chi connectivity index (χ1n) is 12.1. The maximum atomic E-state index is 13.0. The van der Waals surface area contributed by atoms with Crippen LogP contribution in [0, 0.1) is 6.92 Å². The monoisotopic (exact) mass is 473 g/mol. The van der Waals surface area contributed by atoms with E-state index in [0.29, 0.717) is 6.04 Å². The van der Waals surface area contributed by atoms with Gasteiger partial charge in [0.1, 0.15) is 0 Å². The molecule has 2 aliphatic rings. The minimum atomic E-state index is -3.77. The fourth-order valence-electron chi connectivity index (χ4n) is 5.17. The van der Waals surface area contributed by atoms with E-state index in [0.717, 1.165) is 16.8 Å². The predicted octanol–water partition coefficient (Wildman–Crippen LogP) is 5.44. The summed E-state index contributed by atoms with van der Waals surface area (Å²) in [7, 11) is -3.77. The Labute approximate surface area is 202 Å². The van der Waals surface area contributed by atoms with Gasteiger partial charge < -0.3 is 0 Å². The van der Waals surface area contributed by atoms with Crippen molar-refractivity contribution in [1.29, 1.82) is 0 Å². The van der Waals surface area contributed by atoms with E-state index in [2.05, 4.69) is 39.1 Å². The molecule has 34 heavy (non-hydrogen) atoms. The molecule has 5 rings (SSSR count). The second-order valence-electron chi connectivity index (χ2n) is 9.31. The van der Waals surface area contributed by atoms with Gasteiger partial charge in [0.2, 0.25) is 0 Å². The quantitative estimate of drug-likeness (QED) is 0.283. The average Bonchev–Trinajstić information content (AvgIpc) is 3.61. The molecule has 1 aliphatic heterocycles. The van der Waals surface area contributed by atoms with E-state index in [1.165, 1.54) is 37.7 Å². The lowest BCUT2D eigenvalue weighted by molar-refractivity contribution is 0.277. The largest absolute Gasteiger partial charge is 0.281 e. The zero-order chi connectivity index (χ0) is 23.5. The van der Waals surface area contributed by atoms with Crippen LogP contribution in [0.5, 0.6) is 0 Å². The molecule has 1 saturated heterocycles. The fraction of sp³-hybridized carbons (Fsp3) is 0.321. The van der Waals surface area contributed by atoms with E-state index in [-0.39, 0.29) is 17.0 Å². The van der Waals surface area contributed by atoms with Gasteiger partial charge in [0.15, 0.2) is 0 Å². The summed E-state index contributed by atoms with van der Waals surface area (Å²) >= 11 is 0. The van der Waals surface area contributed by atoms with Crippen LogP contribution in [0.4, 0.5) is 0 Å². The van der Waals surface area contributed by atoms with E-state index >= 15 is 0 Å². The number of aryl methyl sites for hydroxylation is 1. The highest BCUT2D eigenvalue weighted by Gasteiger charge is 2.55. The van der Waals surface area contributed by atoms with Crippen LogP contribution in [0.25, 0.3) is 0 Å². The molecule has 1 saturated carbocycles. The van der Waals surface area contributed by atoms with E-state index in [4.69, 9.17) is 0 Å². The van der Waals surface area contributed by atoms with E-state index in [1.807, 2.05) is 43.3 Å². The zero-order valence-electron chi connectivity index (χ0n) is 19.5. The van der Waals surface area contributed by atoms with Crippen molar-refractivity contribution in [2.24, 2.45) is 5.10 Å². The summed E-state index contributed by atoms with van der Waals surface area (Å²) in [6.07, 6.45) is 6.13. The van der Waals surface area contributed by atoms with Crippen LogP contribution in [0.2, 0.25) is 0 Å². The van der Waals surface area contributed by atoms with Crippen LogP contribution in [-0.2, 0) is 10.0 Å². The standard InChI is InChI=1S/C28H31N3O2S/c1-21-17-19-25(20-18-21)34(32,33)30-29-26(22-11-5-2-6-12-22)28-27(23-13-7-3-8-14-23)31(28)24-15-9-4-10-16-24/h2-3,5-8,11-14,17-20,24,27-28,30H,4,9-10,15-16H2,1H3/b29-26+/t27-,28+,31?/m0/s1. The van der Waals surface area contributed by atoms with E-state index < -0.39 is 10.0 Å². The summed E-state index contributed by atoms with van der Waals surface area (Å²) in [5.74, 6) is 0. The molecule has 3 atom stereocenters. The molecule has 1 N–H and O–H groups in total. The third kappa shape index (κ3) is 4.79. The van der Waals surface area contributed by atoms with Crippen LogP contribution < -0.4 is 4.83 Å². The summed E-state index contributed by atoms with van der Waals surface area (Å²) in [5, 5.41) is 4.58. The minimum Gasteiger partial charge on any atom is -0.281 e. The Morgan fingerprint density at radius 3 is 2.12 bits per heavy atom. The molecule has 0 aromatic heterocycles. The Morgan fingerprint density at radius 2 is 1.47 bits per heavy atom. The average molecular weight is 474 g/mol. The predicted molar refractivity (Wildman–Crippen MR) is 136 cm³/mol. The first-order valence-corrected chi connectivity index (χ1v) is 13.6. The number of hydrogen-bond acceptors (Lipinski definition) is 4. The first kappa shape index (κ1) is 22.8. The molecular formula is C28H31N3O2S. The van der Waals surface area contributed by atoms with Gasteiger partial charge in [0.05, 0.1) is 22.7 Å². The molecule has 176 valence electrons. The Morgan fingerprint density at radius 1 is 0.853 bits per heavy atom. The third-order valence-electron chi connectivity index (χ3n) is 6.96. The second kappa shape index (κ2) is 9.72. The van der Waals surface area contributed by atoms with Crippen molar-refractivity contribution in [3.8, 4) is 0 Å². The van der Waals surface area contributed by atoms with Gasteiger partial charge in [-0.3, -0.25) is 4.90 Å². The Balaban J connectivity index is 1.51. The highest BCUT2D eigenvalue weighted by Crippen LogP contribution is 2.49. The Hall–Kier alpha value is -2.96. The number of sulfonamides is 1. The number of rotatable bonds is 7. The summed E-state index contributed by atoms with van der Waals surface area (Å²) in [6.45, 7) is 1.94. The van der Waals surface area contributed by atoms with E-state index in [9.17, 15) is 8.42 Å². The molecule has 5 nitrogen and oxygen atoms in total. The van der Waals surface area contributed by atoms with Gasteiger partial charge in [0.25, 0.3) is 10.0 Å². The number of hydrazone groups is 1. The molecule has 0 radical (unpaired) electrons. The molecule has 0 spiro atoms. The van der Waals surface area contributed by atoms with Crippen LogP contribution in [0.3, 0.4) is 0 Å².